The molecule has 0 aliphatic carbocycles. The largest absolute Gasteiger partial charge is 0.321 e. The molecule has 1 aromatic carbocycles. The number of amides is 1. The van der Waals surface area contributed by atoms with Gasteiger partial charge in [0.05, 0.1) is 10.5 Å². The lowest BCUT2D eigenvalue weighted by atomic mass is 10.0. The molecule has 0 atom stereocenters. The van der Waals surface area contributed by atoms with Crippen molar-refractivity contribution < 1.29 is 13.2 Å². The van der Waals surface area contributed by atoms with E-state index in [-0.39, 0.29) is 10.8 Å². The molecule has 0 bridgehead atoms. The smallest absolute Gasteiger partial charge is 0.257 e. The number of carbonyl (C=O) groups is 1. The maximum absolute atomic E-state index is 13.1. The topological polar surface area (TPSA) is 79.4 Å². The van der Waals surface area contributed by atoms with E-state index in [4.69, 9.17) is 0 Å². The molecule has 1 N–H and O–H groups in total. The lowest BCUT2D eigenvalue weighted by Crippen LogP contribution is -2.32. The highest BCUT2D eigenvalue weighted by molar-refractivity contribution is 7.89. The molecule has 1 amide bonds. The second-order valence-electron chi connectivity index (χ2n) is 6.12. The van der Waals surface area contributed by atoms with Gasteiger partial charge in [-0.15, -0.1) is 0 Å². The first-order valence-corrected chi connectivity index (χ1v) is 10.00. The zero-order valence-electron chi connectivity index (χ0n) is 15.8. The van der Waals surface area contributed by atoms with Crippen LogP contribution in [0.5, 0.6) is 0 Å². The fraction of sp³-hybridized carbons (Fsp3) is 0.368. The first-order valence-electron chi connectivity index (χ1n) is 8.56. The molecule has 0 aliphatic heterocycles. The molecule has 6 nitrogen and oxygen atoms in total. The van der Waals surface area contributed by atoms with Gasteiger partial charge in [-0.05, 0) is 49.6 Å². The first kappa shape index (κ1) is 20.1. The number of rotatable bonds is 6. The number of sulfonamides is 1. The molecule has 0 spiro atoms. The summed E-state index contributed by atoms with van der Waals surface area (Å²) in [7, 11) is -3.63. The number of benzene rings is 1. The Morgan fingerprint density at radius 1 is 1.15 bits per heavy atom. The zero-order chi connectivity index (χ0) is 19.5. The molecule has 2 rings (SSSR count). The van der Waals surface area contributed by atoms with Gasteiger partial charge in [-0.3, -0.25) is 9.78 Å². The monoisotopic (exact) mass is 375 g/mol. The molecule has 7 heteroatoms. The highest BCUT2D eigenvalue weighted by atomic mass is 32.2. The quantitative estimate of drug-likeness (QED) is 0.840. The van der Waals surface area contributed by atoms with E-state index in [1.54, 1.807) is 38.2 Å². The Morgan fingerprint density at radius 2 is 1.81 bits per heavy atom. The minimum Gasteiger partial charge on any atom is -0.321 e. The van der Waals surface area contributed by atoms with Gasteiger partial charge in [0, 0.05) is 31.2 Å². The van der Waals surface area contributed by atoms with E-state index in [0.717, 1.165) is 5.56 Å². The van der Waals surface area contributed by atoms with Crippen LogP contribution in [0, 0.1) is 20.8 Å². The van der Waals surface area contributed by atoms with Gasteiger partial charge in [0.15, 0.2) is 0 Å². The highest BCUT2D eigenvalue weighted by Crippen LogP contribution is 2.32. The third-order valence-electron chi connectivity index (χ3n) is 4.37. The molecule has 26 heavy (non-hydrogen) atoms. The van der Waals surface area contributed by atoms with Gasteiger partial charge in [0.25, 0.3) is 5.91 Å². The number of nitrogens with zero attached hydrogens (tertiary/aromatic N) is 2. The van der Waals surface area contributed by atoms with Crippen molar-refractivity contribution in [2.45, 2.75) is 39.5 Å². The van der Waals surface area contributed by atoms with Crippen molar-refractivity contribution in [2.75, 3.05) is 18.4 Å². The lowest BCUT2D eigenvalue weighted by Gasteiger charge is -2.23. The second-order valence-corrected chi connectivity index (χ2v) is 8.00. The molecule has 140 valence electrons. The molecule has 0 saturated heterocycles. The summed E-state index contributed by atoms with van der Waals surface area (Å²) in [5, 5.41) is 2.85. The van der Waals surface area contributed by atoms with E-state index >= 15 is 0 Å². The van der Waals surface area contributed by atoms with E-state index < -0.39 is 10.0 Å². The van der Waals surface area contributed by atoms with Gasteiger partial charge in [0.1, 0.15) is 0 Å². The normalized spacial score (nSPS) is 11.6. The van der Waals surface area contributed by atoms with Crippen molar-refractivity contribution in [1.82, 2.24) is 9.29 Å². The van der Waals surface area contributed by atoms with Crippen LogP contribution in [0.3, 0.4) is 0 Å². The van der Waals surface area contributed by atoms with Crippen molar-refractivity contribution >= 4 is 21.6 Å². The van der Waals surface area contributed by atoms with Crippen LogP contribution in [-0.4, -0.2) is 36.7 Å². The molecule has 0 unspecified atom stereocenters. The van der Waals surface area contributed by atoms with Gasteiger partial charge in [-0.2, -0.15) is 4.31 Å². The average molecular weight is 375 g/mol. The maximum atomic E-state index is 13.1. The van der Waals surface area contributed by atoms with Gasteiger partial charge >= 0.3 is 0 Å². The van der Waals surface area contributed by atoms with Crippen LogP contribution < -0.4 is 5.32 Å². The molecule has 1 aromatic heterocycles. The van der Waals surface area contributed by atoms with Crippen LogP contribution in [-0.2, 0) is 10.0 Å². The van der Waals surface area contributed by atoms with Crippen molar-refractivity contribution in [3.8, 4) is 0 Å². The highest BCUT2D eigenvalue weighted by Gasteiger charge is 2.28. The Morgan fingerprint density at radius 3 is 2.35 bits per heavy atom. The summed E-state index contributed by atoms with van der Waals surface area (Å²) in [5.41, 5.74) is 2.98. The van der Waals surface area contributed by atoms with Crippen LogP contribution in [0.1, 0.15) is 40.9 Å². The summed E-state index contributed by atoms with van der Waals surface area (Å²) in [6, 6.07) is 5.14. The number of carbonyl (C=O) groups excluding carboxylic acids is 1. The number of nitrogens with one attached hydrogen (secondary N) is 1. The zero-order valence-corrected chi connectivity index (χ0v) is 16.6. The Labute approximate surface area is 155 Å². The molecular weight excluding hydrogens is 350 g/mol. The molecule has 2 aromatic rings. The van der Waals surface area contributed by atoms with E-state index in [9.17, 15) is 13.2 Å². The molecular formula is C19H25N3O3S. The van der Waals surface area contributed by atoms with Gasteiger partial charge in [-0.1, -0.05) is 19.9 Å². The third kappa shape index (κ3) is 3.78. The van der Waals surface area contributed by atoms with Crippen LogP contribution >= 0.6 is 0 Å². The van der Waals surface area contributed by atoms with E-state index in [0.29, 0.717) is 35.5 Å². The number of hydrogen-bond acceptors (Lipinski definition) is 4. The van der Waals surface area contributed by atoms with Crippen LogP contribution in [0.15, 0.2) is 35.5 Å². The minimum absolute atomic E-state index is 0.258. The van der Waals surface area contributed by atoms with Gasteiger partial charge in [0.2, 0.25) is 10.0 Å². The van der Waals surface area contributed by atoms with E-state index in [1.807, 2.05) is 20.8 Å². The summed E-state index contributed by atoms with van der Waals surface area (Å²) >= 11 is 0. The number of aromatic nitrogens is 1. The minimum atomic E-state index is -3.63. The van der Waals surface area contributed by atoms with Crippen LogP contribution in [0.2, 0.25) is 0 Å². The predicted molar refractivity (Wildman–Crippen MR) is 103 cm³/mol. The molecule has 0 radical (unpaired) electrons. The maximum Gasteiger partial charge on any atom is 0.257 e. The summed E-state index contributed by atoms with van der Waals surface area (Å²) < 4.78 is 27.5. The van der Waals surface area contributed by atoms with Crippen LogP contribution in [0.4, 0.5) is 5.69 Å². The summed E-state index contributed by atoms with van der Waals surface area (Å²) in [6.45, 7) is 9.77. The van der Waals surface area contributed by atoms with Gasteiger partial charge < -0.3 is 5.32 Å². The van der Waals surface area contributed by atoms with Crippen molar-refractivity contribution in [2.24, 2.45) is 0 Å². The van der Waals surface area contributed by atoms with Crippen molar-refractivity contribution in [3.63, 3.8) is 0 Å². The van der Waals surface area contributed by atoms with E-state index in [2.05, 4.69) is 10.3 Å². The van der Waals surface area contributed by atoms with E-state index in [1.165, 1.54) is 10.5 Å². The predicted octanol–water partition coefficient (Wildman–Crippen LogP) is 3.29. The fourth-order valence-corrected chi connectivity index (χ4v) is 5.02. The Balaban J connectivity index is 2.55. The number of anilines is 1. The molecule has 0 saturated carbocycles. The fourth-order valence-electron chi connectivity index (χ4n) is 3.13. The molecule has 0 aliphatic rings. The average Bonchev–Trinajstić information content (AvgIpc) is 2.59. The third-order valence-corrected chi connectivity index (χ3v) is 6.71. The number of pyridine rings is 1. The second kappa shape index (κ2) is 7.97. The number of hydrogen-bond donors (Lipinski definition) is 1. The number of aryl methyl sites for hydroxylation is 2. The Kier molecular flexibility index (Phi) is 6.15. The lowest BCUT2D eigenvalue weighted by molar-refractivity contribution is 0.102. The van der Waals surface area contributed by atoms with Crippen LogP contribution in [0.25, 0.3) is 0 Å². The standard InChI is InChI=1S/C19H25N3O3S/c1-6-22(7-2)26(24,25)18-14(4)11-13(3)17(15(18)5)21-19(23)16-9-8-10-20-12-16/h8-12H,6-7H2,1-5H3,(H,21,23). The van der Waals surface area contributed by atoms with Crippen molar-refractivity contribution in [1.29, 1.82) is 0 Å². The summed E-state index contributed by atoms with van der Waals surface area (Å²) in [6.07, 6.45) is 3.07. The SMILES string of the molecule is CCN(CC)S(=O)(=O)c1c(C)cc(C)c(NC(=O)c2cccnc2)c1C. The summed E-state index contributed by atoms with van der Waals surface area (Å²) in [4.78, 5) is 16.7. The molecule has 1 heterocycles. The Bertz CT molecular complexity index is 905. The summed E-state index contributed by atoms with van der Waals surface area (Å²) in [5.74, 6) is -0.320. The van der Waals surface area contributed by atoms with Gasteiger partial charge in [-0.25, -0.2) is 8.42 Å². The molecule has 0 fully saturated rings. The first-order chi connectivity index (χ1) is 12.2. The van der Waals surface area contributed by atoms with Crippen molar-refractivity contribution in [3.05, 3.63) is 52.8 Å². The Hall–Kier alpha value is -2.25.